The van der Waals surface area contributed by atoms with Gasteiger partial charge in [0.15, 0.2) is 0 Å². The normalized spacial score (nSPS) is 12.4. The van der Waals surface area contributed by atoms with Crippen molar-refractivity contribution in [2.45, 2.75) is 84.2 Å². The molecule has 1 aliphatic rings. The zero-order valence-electron chi connectivity index (χ0n) is 20.9. The number of ether oxygens (including phenoxy) is 1. The fourth-order valence-electron chi connectivity index (χ4n) is 4.56. The number of allylic oxidation sites excluding steroid dienone is 1. The van der Waals surface area contributed by atoms with Gasteiger partial charge in [0.2, 0.25) is 0 Å². The molecule has 0 fully saturated rings. The minimum absolute atomic E-state index is 0.0458. The standard InChI is InChI=1S/C30H37NO4/c1-3-4-5-6-7-8-9-10-11-12-14-23-17-18-25(22(2)19-23)21-35-27(32)20-24-15-13-16-26-28(24)30(34)31-29(26)33/h3,13,15-19H,1,4-12,14,20-21H2,2H3,(H,31,33,34). The van der Waals surface area contributed by atoms with E-state index in [2.05, 4.69) is 24.0 Å². The number of fused-ring (bicyclic) bond motifs is 1. The predicted octanol–water partition coefficient (Wildman–Crippen LogP) is 6.40. The lowest BCUT2D eigenvalue weighted by atomic mass is 10.00. The fraction of sp³-hybridized carbons (Fsp3) is 0.433. The summed E-state index contributed by atoms with van der Waals surface area (Å²) < 4.78 is 5.48. The molecule has 2 aromatic carbocycles. The van der Waals surface area contributed by atoms with E-state index < -0.39 is 17.8 Å². The van der Waals surface area contributed by atoms with Crippen molar-refractivity contribution in [3.63, 3.8) is 0 Å². The summed E-state index contributed by atoms with van der Waals surface area (Å²) in [6, 6.07) is 11.3. The molecule has 35 heavy (non-hydrogen) atoms. The fourth-order valence-corrected chi connectivity index (χ4v) is 4.56. The quantitative estimate of drug-likeness (QED) is 0.140. The van der Waals surface area contributed by atoms with Gasteiger partial charge in [0.05, 0.1) is 17.5 Å². The summed E-state index contributed by atoms with van der Waals surface area (Å²) in [7, 11) is 0. The van der Waals surface area contributed by atoms with E-state index in [1.54, 1.807) is 18.2 Å². The molecule has 1 heterocycles. The highest BCUT2D eigenvalue weighted by molar-refractivity contribution is 6.22. The highest BCUT2D eigenvalue weighted by Crippen LogP contribution is 2.21. The lowest BCUT2D eigenvalue weighted by Gasteiger charge is -2.11. The van der Waals surface area contributed by atoms with Gasteiger partial charge in [-0.3, -0.25) is 19.7 Å². The molecular weight excluding hydrogens is 438 g/mol. The smallest absolute Gasteiger partial charge is 0.310 e. The first kappa shape index (κ1) is 26.4. The molecule has 2 aromatic rings. The van der Waals surface area contributed by atoms with Crippen LogP contribution >= 0.6 is 0 Å². The maximum Gasteiger partial charge on any atom is 0.310 e. The third-order valence-electron chi connectivity index (χ3n) is 6.60. The van der Waals surface area contributed by atoms with Gasteiger partial charge in [-0.25, -0.2) is 0 Å². The van der Waals surface area contributed by atoms with Gasteiger partial charge >= 0.3 is 5.97 Å². The highest BCUT2D eigenvalue weighted by atomic mass is 16.5. The van der Waals surface area contributed by atoms with Crippen molar-refractivity contribution in [2.24, 2.45) is 0 Å². The number of hydrogen-bond donors (Lipinski definition) is 1. The van der Waals surface area contributed by atoms with Crippen molar-refractivity contribution in [1.29, 1.82) is 0 Å². The van der Waals surface area contributed by atoms with Crippen LogP contribution in [-0.4, -0.2) is 17.8 Å². The summed E-state index contributed by atoms with van der Waals surface area (Å²) in [6.45, 7) is 6.00. The predicted molar refractivity (Wildman–Crippen MR) is 138 cm³/mol. The molecule has 0 saturated heterocycles. The molecular formula is C30H37NO4. The molecule has 0 aromatic heterocycles. The summed E-state index contributed by atoms with van der Waals surface area (Å²) in [5.74, 6) is -1.31. The average molecular weight is 476 g/mol. The van der Waals surface area contributed by atoms with Gasteiger partial charge in [0.25, 0.3) is 11.8 Å². The summed E-state index contributed by atoms with van der Waals surface area (Å²) >= 11 is 0. The van der Waals surface area contributed by atoms with E-state index in [-0.39, 0.29) is 18.6 Å². The first-order valence-corrected chi connectivity index (χ1v) is 12.8. The minimum atomic E-state index is -0.459. The van der Waals surface area contributed by atoms with Crippen LogP contribution in [0.25, 0.3) is 0 Å². The van der Waals surface area contributed by atoms with Crippen LogP contribution in [0.4, 0.5) is 0 Å². The Kier molecular flexibility index (Phi) is 10.3. The second-order valence-electron chi connectivity index (χ2n) is 9.38. The van der Waals surface area contributed by atoms with Gasteiger partial charge in [0.1, 0.15) is 6.61 Å². The molecule has 0 saturated carbocycles. The number of amides is 2. The number of esters is 1. The van der Waals surface area contributed by atoms with Gasteiger partial charge in [-0.05, 0) is 60.9 Å². The molecule has 0 unspecified atom stereocenters. The number of carbonyl (C=O) groups is 3. The van der Waals surface area contributed by atoms with Crippen LogP contribution in [0.2, 0.25) is 0 Å². The lowest BCUT2D eigenvalue weighted by molar-refractivity contribution is -0.144. The van der Waals surface area contributed by atoms with E-state index in [9.17, 15) is 14.4 Å². The monoisotopic (exact) mass is 475 g/mol. The Morgan fingerprint density at radius 2 is 1.63 bits per heavy atom. The maximum absolute atomic E-state index is 12.4. The number of nitrogens with one attached hydrogen (secondary N) is 1. The number of aryl methyl sites for hydroxylation is 2. The first-order chi connectivity index (χ1) is 17.0. The van der Waals surface area contributed by atoms with Gasteiger partial charge in [0, 0.05) is 0 Å². The second kappa shape index (κ2) is 13.6. The number of imide groups is 1. The number of rotatable bonds is 15. The van der Waals surface area contributed by atoms with Crippen molar-refractivity contribution in [3.05, 3.63) is 82.4 Å². The SMILES string of the molecule is C=CCCCCCCCCCCc1ccc(COC(=O)Cc2cccc3c2C(=O)NC3=O)c(C)c1. The van der Waals surface area contributed by atoms with Crippen molar-refractivity contribution < 1.29 is 19.1 Å². The van der Waals surface area contributed by atoms with Crippen molar-refractivity contribution >= 4 is 17.8 Å². The molecule has 5 nitrogen and oxygen atoms in total. The largest absolute Gasteiger partial charge is 0.461 e. The zero-order chi connectivity index (χ0) is 25.0. The number of unbranched alkanes of at least 4 members (excludes halogenated alkanes) is 8. The maximum atomic E-state index is 12.4. The molecule has 1 N–H and O–H groups in total. The van der Waals surface area contributed by atoms with Gasteiger partial charge in [-0.2, -0.15) is 0 Å². The summed E-state index contributed by atoms with van der Waals surface area (Å²) in [6.07, 6.45) is 14.5. The number of carbonyl (C=O) groups excluding carboxylic acids is 3. The molecule has 1 aliphatic heterocycles. The van der Waals surface area contributed by atoms with E-state index in [1.165, 1.54) is 56.9 Å². The Morgan fingerprint density at radius 3 is 2.34 bits per heavy atom. The topological polar surface area (TPSA) is 72.5 Å². The Balaban J connectivity index is 1.37. The molecule has 0 bridgehead atoms. The first-order valence-electron chi connectivity index (χ1n) is 12.8. The molecule has 186 valence electrons. The van der Waals surface area contributed by atoms with Gasteiger partial charge < -0.3 is 4.74 Å². The minimum Gasteiger partial charge on any atom is -0.461 e. The van der Waals surface area contributed by atoms with Crippen LogP contribution in [0, 0.1) is 6.92 Å². The highest BCUT2D eigenvalue weighted by Gasteiger charge is 2.29. The Bertz CT molecular complexity index is 1060. The van der Waals surface area contributed by atoms with Crippen LogP contribution in [0.1, 0.15) is 101 Å². The van der Waals surface area contributed by atoms with Crippen molar-refractivity contribution in [3.8, 4) is 0 Å². The average Bonchev–Trinajstić information content (AvgIpc) is 3.14. The Hall–Kier alpha value is -3.21. The molecule has 0 radical (unpaired) electrons. The van der Waals surface area contributed by atoms with E-state index in [0.29, 0.717) is 11.1 Å². The van der Waals surface area contributed by atoms with E-state index in [1.807, 2.05) is 19.1 Å². The Labute approximate surface area is 209 Å². The van der Waals surface area contributed by atoms with Gasteiger partial charge in [-0.15, -0.1) is 6.58 Å². The summed E-state index contributed by atoms with van der Waals surface area (Å²) in [5.41, 5.74) is 4.50. The molecule has 2 amide bonds. The Morgan fingerprint density at radius 1 is 0.914 bits per heavy atom. The molecule has 0 aliphatic carbocycles. The third kappa shape index (κ3) is 7.91. The van der Waals surface area contributed by atoms with E-state index >= 15 is 0 Å². The van der Waals surface area contributed by atoms with E-state index in [4.69, 9.17) is 4.74 Å². The number of benzene rings is 2. The van der Waals surface area contributed by atoms with Crippen LogP contribution in [-0.2, 0) is 29.0 Å². The lowest BCUT2D eigenvalue weighted by Crippen LogP contribution is -2.20. The molecule has 5 heteroatoms. The zero-order valence-corrected chi connectivity index (χ0v) is 20.9. The summed E-state index contributed by atoms with van der Waals surface area (Å²) in [5, 5.41) is 2.27. The molecule has 0 atom stereocenters. The molecule has 3 rings (SSSR count). The van der Waals surface area contributed by atoms with Crippen LogP contribution in [0.5, 0.6) is 0 Å². The van der Waals surface area contributed by atoms with Crippen LogP contribution in [0.3, 0.4) is 0 Å². The van der Waals surface area contributed by atoms with Crippen molar-refractivity contribution in [1.82, 2.24) is 5.32 Å². The van der Waals surface area contributed by atoms with Crippen LogP contribution < -0.4 is 5.32 Å². The third-order valence-corrected chi connectivity index (χ3v) is 6.60. The summed E-state index contributed by atoms with van der Waals surface area (Å²) in [4.78, 5) is 36.3. The molecule has 0 spiro atoms. The number of hydrogen-bond acceptors (Lipinski definition) is 4. The van der Waals surface area contributed by atoms with Crippen molar-refractivity contribution in [2.75, 3.05) is 0 Å². The van der Waals surface area contributed by atoms with E-state index in [0.717, 1.165) is 24.0 Å². The second-order valence-corrected chi connectivity index (χ2v) is 9.38. The van der Waals surface area contributed by atoms with Gasteiger partial charge in [-0.1, -0.05) is 74.9 Å². The van der Waals surface area contributed by atoms with Crippen LogP contribution in [0.15, 0.2) is 49.1 Å².